The normalized spacial score (nSPS) is 15.6. The fourth-order valence-corrected chi connectivity index (χ4v) is 5.08. The Kier molecular flexibility index (Phi) is 5.79. The number of rotatable bonds is 5. The molecule has 1 amide bonds. The molecule has 0 spiro atoms. The van der Waals surface area contributed by atoms with Crippen LogP contribution in [0.25, 0.3) is 5.69 Å². The predicted molar refractivity (Wildman–Crippen MR) is 118 cm³/mol. The van der Waals surface area contributed by atoms with Gasteiger partial charge in [0.15, 0.2) is 0 Å². The molecule has 0 radical (unpaired) electrons. The molecule has 1 aliphatic rings. The van der Waals surface area contributed by atoms with Gasteiger partial charge in [-0.05, 0) is 61.2 Å². The number of imidazole rings is 1. The van der Waals surface area contributed by atoms with E-state index in [-0.39, 0.29) is 16.5 Å². The van der Waals surface area contributed by atoms with Gasteiger partial charge in [-0.15, -0.1) is 0 Å². The number of H-pyrrole nitrogens is 1. The third-order valence-corrected chi connectivity index (χ3v) is 7.44. The number of aromatic amines is 1. The summed E-state index contributed by atoms with van der Waals surface area (Å²) in [6, 6.07) is 12.9. The summed E-state index contributed by atoms with van der Waals surface area (Å²) in [4.78, 5) is 27.2. The van der Waals surface area contributed by atoms with E-state index in [9.17, 15) is 18.0 Å². The second-order valence-electron chi connectivity index (χ2n) is 7.75. The lowest BCUT2D eigenvalue weighted by atomic mass is 10.0. The maximum Gasteiger partial charge on any atom is 0.330 e. The number of benzene rings is 2. The van der Waals surface area contributed by atoms with Crippen molar-refractivity contribution >= 4 is 21.6 Å². The van der Waals surface area contributed by atoms with Crippen LogP contribution < -0.4 is 11.0 Å². The first-order chi connectivity index (χ1) is 14.8. The van der Waals surface area contributed by atoms with E-state index in [1.54, 1.807) is 30.5 Å². The molecule has 1 aliphatic heterocycles. The fraction of sp³-hybridized carbons (Fsp3) is 0.273. The van der Waals surface area contributed by atoms with Crippen LogP contribution in [0, 0.1) is 5.92 Å². The van der Waals surface area contributed by atoms with Gasteiger partial charge in [-0.2, -0.15) is 4.31 Å². The van der Waals surface area contributed by atoms with Crippen molar-refractivity contribution in [3.8, 4) is 5.69 Å². The SMILES string of the molecule is CC1CCN(S(=O)(=O)c2ccc(C(=O)Nc3cccc(-n4cc[nH]c4=O)c3)cc2)CC1. The van der Waals surface area contributed by atoms with Crippen LogP contribution in [0.5, 0.6) is 0 Å². The van der Waals surface area contributed by atoms with Crippen molar-refractivity contribution in [1.29, 1.82) is 0 Å². The van der Waals surface area contributed by atoms with Crippen molar-refractivity contribution in [1.82, 2.24) is 13.9 Å². The Balaban J connectivity index is 1.48. The van der Waals surface area contributed by atoms with Crippen LogP contribution in [0.1, 0.15) is 30.1 Å². The number of nitrogens with one attached hydrogen (secondary N) is 2. The topological polar surface area (TPSA) is 104 Å². The van der Waals surface area contributed by atoms with Crippen molar-refractivity contribution in [2.75, 3.05) is 18.4 Å². The number of carbonyl (C=O) groups excluding carboxylic acids is 1. The quantitative estimate of drug-likeness (QED) is 0.637. The number of amides is 1. The zero-order chi connectivity index (χ0) is 22.0. The first kappa shape index (κ1) is 21.1. The third kappa shape index (κ3) is 4.47. The average Bonchev–Trinajstić information content (AvgIpc) is 3.20. The molecule has 2 heterocycles. The van der Waals surface area contributed by atoms with Crippen LogP contribution in [0.2, 0.25) is 0 Å². The number of nitrogens with zero attached hydrogens (tertiary/aromatic N) is 2. The molecule has 0 aliphatic carbocycles. The number of anilines is 1. The second-order valence-corrected chi connectivity index (χ2v) is 9.69. The van der Waals surface area contributed by atoms with E-state index in [1.165, 1.54) is 39.3 Å². The molecule has 0 atom stereocenters. The highest BCUT2D eigenvalue weighted by molar-refractivity contribution is 7.89. The number of hydrogen-bond donors (Lipinski definition) is 2. The Morgan fingerprint density at radius 3 is 2.45 bits per heavy atom. The van der Waals surface area contributed by atoms with E-state index in [0.29, 0.717) is 35.9 Å². The van der Waals surface area contributed by atoms with Gasteiger partial charge >= 0.3 is 5.69 Å². The Morgan fingerprint density at radius 1 is 1.10 bits per heavy atom. The molecule has 2 aromatic carbocycles. The summed E-state index contributed by atoms with van der Waals surface area (Å²) >= 11 is 0. The van der Waals surface area contributed by atoms with Crippen molar-refractivity contribution in [2.45, 2.75) is 24.7 Å². The van der Waals surface area contributed by atoms with Crippen molar-refractivity contribution in [2.24, 2.45) is 5.92 Å². The molecule has 1 saturated heterocycles. The molecule has 1 aromatic heterocycles. The number of hydrogen-bond acceptors (Lipinski definition) is 4. The average molecular weight is 441 g/mol. The molecule has 31 heavy (non-hydrogen) atoms. The van der Waals surface area contributed by atoms with Gasteiger partial charge in [-0.3, -0.25) is 9.36 Å². The number of piperidine rings is 1. The lowest BCUT2D eigenvalue weighted by molar-refractivity contribution is 0.102. The fourth-order valence-electron chi connectivity index (χ4n) is 3.61. The molecule has 162 valence electrons. The van der Waals surface area contributed by atoms with Crippen LogP contribution in [0.3, 0.4) is 0 Å². The molecule has 3 aromatic rings. The summed E-state index contributed by atoms with van der Waals surface area (Å²) < 4.78 is 28.6. The summed E-state index contributed by atoms with van der Waals surface area (Å²) in [5.74, 6) is 0.168. The van der Waals surface area contributed by atoms with Crippen LogP contribution >= 0.6 is 0 Å². The Hall–Kier alpha value is -3.17. The summed E-state index contributed by atoms with van der Waals surface area (Å²) in [5, 5.41) is 2.78. The molecule has 0 bridgehead atoms. The van der Waals surface area contributed by atoms with Gasteiger partial charge in [0, 0.05) is 36.7 Å². The maximum atomic E-state index is 12.8. The summed E-state index contributed by atoms with van der Waals surface area (Å²) in [7, 11) is -3.56. The molecule has 2 N–H and O–H groups in total. The van der Waals surface area contributed by atoms with Gasteiger partial charge in [0.1, 0.15) is 0 Å². The van der Waals surface area contributed by atoms with Gasteiger partial charge in [-0.25, -0.2) is 13.2 Å². The number of aromatic nitrogens is 2. The largest absolute Gasteiger partial charge is 0.330 e. The molecule has 8 nitrogen and oxygen atoms in total. The zero-order valence-electron chi connectivity index (χ0n) is 17.1. The lowest BCUT2D eigenvalue weighted by Gasteiger charge is -2.29. The van der Waals surface area contributed by atoms with Crippen LogP contribution in [0.15, 0.2) is 70.6 Å². The third-order valence-electron chi connectivity index (χ3n) is 5.53. The van der Waals surface area contributed by atoms with E-state index >= 15 is 0 Å². The summed E-state index contributed by atoms with van der Waals surface area (Å²) in [6.07, 6.45) is 4.85. The Labute approximate surface area is 180 Å². The van der Waals surface area contributed by atoms with E-state index in [2.05, 4.69) is 17.2 Å². The first-order valence-electron chi connectivity index (χ1n) is 10.1. The minimum absolute atomic E-state index is 0.187. The van der Waals surface area contributed by atoms with Crippen LogP contribution in [0.4, 0.5) is 5.69 Å². The molecule has 1 fully saturated rings. The van der Waals surface area contributed by atoms with Crippen LogP contribution in [-0.2, 0) is 10.0 Å². The lowest BCUT2D eigenvalue weighted by Crippen LogP contribution is -2.37. The van der Waals surface area contributed by atoms with Gasteiger partial charge in [0.2, 0.25) is 10.0 Å². The summed E-state index contributed by atoms with van der Waals surface area (Å²) in [5.41, 5.74) is 1.20. The molecule has 4 rings (SSSR count). The van der Waals surface area contributed by atoms with Gasteiger partial charge in [0.25, 0.3) is 5.91 Å². The van der Waals surface area contributed by atoms with Crippen LogP contribution in [-0.4, -0.2) is 41.3 Å². The Morgan fingerprint density at radius 2 is 1.81 bits per heavy atom. The molecule has 0 unspecified atom stereocenters. The monoisotopic (exact) mass is 440 g/mol. The standard InChI is InChI=1S/C22H24N4O4S/c1-16-9-12-25(13-10-16)31(29,30)20-7-5-17(6-8-20)21(27)24-18-3-2-4-19(15-18)26-14-11-23-22(26)28/h2-8,11,14-16H,9-10,12-13H2,1H3,(H,23,28)(H,24,27). The number of sulfonamides is 1. The highest BCUT2D eigenvalue weighted by atomic mass is 32.2. The molecule has 0 saturated carbocycles. The van der Waals surface area contributed by atoms with Crippen molar-refractivity contribution in [3.63, 3.8) is 0 Å². The first-order valence-corrected chi connectivity index (χ1v) is 11.6. The number of carbonyl (C=O) groups is 1. The van der Waals surface area contributed by atoms with Gasteiger partial charge < -0.3 is 10.3 Å². The molecular formula is C22H24N4O4S. The van der Waals surface area contributed by atoms with E-state index in [1.807, 2.05) is 0 Å². The van der Waals surface area contributed by atoms with E-state index in [0.717, 1.165) is 12.8 Å². The zero-order valence-corrected chi connectivity index (χ0v) is 17.9. The minimum Gasteiger partial charge on any atom is -0.322 e. The highest BCUT2D eigenvalue weighted by Gasteiger charge is 2.28. The van der Waals surface area contributed by atoms with Crippen molar-refractivity contribution < 1.29 is 13.2 Å². The van der Waals surface area contributed by atoms with E-state index in [4.69, 9.17) is 0 Å². The smallest absolute Gasteiger partial charge is 0.322 e. The highest BCUT2D eigenvalue weighted by Crippen LogP contribution is 2.24. The predicted octanol–water partition coefficient (Wildman–Crippen LogP) is 2.84. The van der Waals surface area contributed by atoms with E-state index < -0.39 is 10.0 Å². The minimum atomic E-state index is -3.56. The Bertz CT molecular complexity index is 1240. The molecule has 9 heteroatoms. The maximum absolute atomic E-state index is 12.8. The summed E-state index contributed by atoms with van der Waals surface area (Å²) in [6.45, 7) is 3.17. The van der Waals surface area contributed by atoms with Gasteiger partial charge in [-0.1, -0.05) is 13.0 Å². The molecular weight excluding hydrogens is 416 g/mol. The van der Waals surface area contributed by atoms with Crippen molar-refractivity contribution in [3.05, 3.63) is 77.0 Å². The van der Waals surface area contributed by atoms with Gasteiger partial charge in [0.05, 0.1) is 10.6 Å². The second kappa shape index (κ2) is 8.52.